The monoisotopic (exact) mass is 292 g/mol. The van der Waals surface area contributed by atoms with Gasteiger partial charge in [-0.2, -0.15) is 5.26 Å². The highest BCUT2D eigenvalue weighted by molar-refractivity contribution is 9.10. The average molecular weight is 293 g/mol. The van der Waals surface area contributed by atoms with Gasteiger partial charge in [0.05, 0.1) is 6.07 Å². The third-order valence-electron chi connectivity index (χ3n) is 3.46. The largest absolute Gasteiger partial charge is 0.366 e. The summed E-state index contributed by atoms with van der Waals surface area (Å²) < 4.78 is 1.02. The SMILES string of the molecule is CC1CCCC(C#N)(Nc2ccccc2Br)C1. The third-order valence-corrected chi connectivity index (χ3v) is 4.15. The topological polar surface area (TPSA) is 35.8 Å². The second kappa shape index (κ2) is 5.10. The molecule has 1 aliphatic rings. The molecule has 0 heterocycles. The van der Waals surface area contributed by atoms with Crippen LogP contribution in [0, 0.1) is 17.2 Å². The van der Waals surface area contributed by atoms with Crippen molar-refractivity contribution in [1.29, 1.82) is 5.26 Å². The minimum Gasteiger partial charge on any atom is -0.366 e. The zero-order valence-electron chi connectivity index (χ0n) is 10.0. The molecular formula is C14H17BrN2. The molecule has 0 saturated heterocycles. The van der Waals surface area contributed by atoms with Gasteiger partial charge >= 0.3 is 0 Å². The molecule has 0 bridgehead atoms. The fraction of sp³-hybridized carbons (Fsp3) is 0.500. The summed E-state index contributed by atoms with van der Waals surface area (Å²) in [6.07, 6.45) is 4.24. The van der Waals surface area contributed by atoms with Crippen molar-refractivity contribution in [1.82, 2.24) is 0 Å². The summed E-state index contributed by atoms with van der Waals surface area (Å²) in [5.74, 6) is 0.624. The molecule has 1 fully saturated rings. The minimum absolute atomic E-state index is 0.387. The Hall–Kier alpha value is -1.01. The summed E-state index contributed by atoms with van der Waals surface area (Å²) in [7, 11) is 0. The lowest BCUT2D eigenvalue weighted by Crippen LogP contribution is -2.41. The van der Waals surface area contributed by atoms with Crippen molar-refractivity contribution in [3.05, 3.63) is 28.7 Å². The molecule has 90 valence electrons. The zero-order valence-corrected chi connectivity index (χ0v) is 11.6. The van der Waals surface area contributed by atoms with Crippen molar-refractivity contribution in [2.75, 3.05) is 5.32 Å². The number of nitriles is 1. The van der Waals surface area contributed by atoms with E-state index in [0.717, 1.165) is 29.4 Å². The van der Waals surface area contributed by atoms with Crippen molar-refractivity contribution >= 4 is 21.6 Å². The maximum atomic E-state index is 9.48. The number of hydrogen-bond donors (Lipinski definition) is 1. The molecule has 2 unspecified atom stereocenters. The van der Waals surface area contributed by atoms with E-state index in [-0.39, 0.29) is 5.54 Å². The fourth-order valence-electron chi connectivity index (χ4n) is 2.61. The normalized spacial score (nSPS) is 28.4. The molecular weight excluding hydrogens is 276 g/mol. The minimum atomic E-state index is -0.387. The van der Waals surface area contributed by atoms with E-state index in [1.54, 1.807) is 0 Å². The van der Waals surface area contributed by atoms with Gasteiger partial charge in [-0.1, -0.05) is 25.5 Å². The van der Waals surface area contributed by atoms with Crippen LogP contribution >= 0.6 is 15.9 Å². The van der Waals surface area contributed by atoms with E-state index in [1.165, 1.54) is 6.42 Å². The quantitative estimate of drug-likeness (QED) is 0.880. The summed E-state index contributed by atoms with van der Waals surface area (Å²) in [5.41, 5.74) is 0.629. The van der Waals surface area contributed by atoms with Crippen molar-refractivity contribution in [3.8, 4) is 6.07 Å². The lowest BCUT2D eigenvalue weighted by molar-refractivity contribution is 0.308. The van der Waals surface area contributed by atoms with E-state index in [0.29, 0.717) is 5.92 Å². The Morgan fingerprint density at radius 2 is 2.24 bits per heavy atom. The Kier molecular flexibility index (Phi) is 3.73. The molecule has 1 saturated carbocycles. The summed E-state index contributed by atoms with van der Waals surface area (Å²) in [6, 6.07) is 10.5. The standard InChI is InChI=1S/C14H17BrN2/c1-11-5-4-8-14(9-11,10-16)17-13-7-3-2-6-12(13)15/h2-3,6-7,11,17H,4-5,8-9H2,1H3. The summed E-state index contributed by atoms with van der Waals surface area (Å²) in [5, 5.41) is 12.9. The first-order chi connectivity index (χ1) is 8.15. The van der Waals surface area contributed by atoms with Crippen LogP contribution in [-0.2, 0) is 0 Å². The summed E-state index contributed by atoms with van der Waals surface area (Å²) in [6.45, 7) is 2.23. The van der Waals surface area contributed by atoms with Crippen LogP contribution in [0.3, 0.4) is 0 Å². The van der Waals surface area contributed by atoms with Crippen molar-refractivity contribution in [2.45, 2.75) is 38.1 Å². The Bertz CT molecular complexity index is 438. The van der Waals surface area contributed by atoms with Crippen LogP contribution < -0.4 is 5.32 Å². The van der Waals surface area contributed by atoms with Crippen molar-refractivity contribution in [2.24, 2.45) is 5.92 Å². The van der Waals surface area contributed by atoms with E-state index in [1.807, 2.05) is 24.3 Å². The molecule has 1 aliphatic carbocycles. The number of benzene rings is 1. The Labute approximate surface area is 111 Å². The molecule has 3 heteroatoms. The first-order valence-corrected chi connectivity index (χ1v) is 6.88. The molecule has 0 spiro atoms. The van der Waals surface area contributed by atoms with Crippen LogP contribution in [0.1, 0.15) is 32.6 Å². The molecule has 2 atom stereocenters. The van der Waals surface area contributed by atoms with Gasteiger partial charge in [-0.05, 0) is 53.2 Å². The average Bonchev–Trinajstić information content (AvgIpc) is 2.32. The highest BCUT2D eigenvalue weighted by Gasteiger charge is 2.35. The predicted molar refractivity (Wildman–Crippen MR) is 73.7 cm³/mol. The maximum absolute atomic E-state index is 9.48. The first-order valence-electron chi connectivity index (χ1n) is 6.09. The number of nitrogens with one attached hydrogen (secondary N) is 1. The van der Waals surface area contributed by atoms with Crippen molar-refractivity contribution in [3.63, 3.8) is 0 Å². The number of para-hydroxylation sites is 1. The molecule has 17 heavy (non-hydrogen) atoms. The summed E-state index contributed by atoms with van der Waals surface area (Å²) in [4.78, 5) is 0. The molecule has 2 nitrogen and oxygen atoms in total. The van der Waals surface area contributed by atoms with Crippen LogP contribution in [0.2, 0.25) is 0 Å². The number of hydrogen-bond acceptors (Lipinski definition) is 2. The fourth-order valence-corrected chi connectivity index (χ4v) is 3.00. The van der Waals surface area contributed by atoms with Crippen molar-refractivity contribution < 1.29 is 0 Å². The number of nitrogens with zero attached hydrogens (tertiary/aromatic N) is 1. The van der Waals surface area contributed by atoms with Gasteiger partial charge in [-0.15, -0.1) is 0 Å². The van der Waals surface area contributed by atoms with Crippen LogP contribution in [0.15, 0.2) is 28.7 Å². The molecule has 0 aliphatic heterocycles. The molecule has 0 radical (unpaired) electrons. The highest BCUT2D eigenvalue weighted by atomic mass is 79.9. The van der Waals surface area contributed by atoms with Gasteiger partial charge in [0.15, 0.2) is 0 Å². The predicted octanol–water partition coefficient (Wildman–Crippen LogP) is 4.33. The lowest BCUT2D eigenvalue weighted by atomic mass is 9.77. The lowest BCUT2D eigenvalue weighted by Gasteiger charge is -2.36. The Balaban J connectivity index is 2.20. The number of anilines is 1. The molecule has 2 rings (SSSR count). The van der Waals surface area contributed by atoms with Gasteiger partial charge in [0.25, 0.3) is 0 Å². The van der Waals surface area contributed by atoms with Crippen LogP contribution in [-0.4, -0.2) is 5.54 Å². The van der Waals surface area contributed by atoms with Crippen LogP contribution in [0.25, 0.3) is 0 Å². The van der Waals surface area contributed by atoms with Crippen LogP contribution in [0.5, 0.6) is 0 Å². The van der Waals surface area contributed by atoms with E-state index >= 15 is 0 Å². The zero-order chi connectivity index (χ0) is 12.3. The number of rotatable bonds is 2. The van der Waals surface area contributed by atoms with Gasteiger partial charge in [-0.3, -0.25) is 0 Å². The van der Waals surface area contributed by atoms with E-state index in [2.05, 4.69) is 34.2 Å². The molecule has 1 N–H and O–H groups in total. The highest BCUT2D eigenvalue weighted by Crippen LogP contribution is 2.36. The van der Waals surface area contributed by atoms with Gasteiger partial charge in [0.1, 0.15) is 5.54 Å². The maximum Gasteiger partial charge on any atom is 0.125 e. The van der Waals surface area contributed by atoms with Gasteiger partial charge in [-0.25, -0.2) is 0 Å². The Morgan fingerprint density at radius 3 is 2.88 bits per heavy atom. The Morgan fingerprint density at radius 1 is 1.47 bits per heavy atom. The molecule has 0 amide bonds. The number of halogens is 1. The third kappa shape index (κ3) is 2.81. The molecule has 1 aromatic rings. The smallest absolute Gasteiger partial charge is 0.125 e. The van der Waals surface area contributed by atoms with Gasteiger partial charge in [0, 0.05) is 10.2 Å². The second-order valence-corrected chi connectivity index (χ2v) is 5.85. The van der Waals surface area contributed by atoms with Gasteiger partial charge in [0.2, 0.25) is 0 Å². The van der Waals surface area contributed by atoms with Gasteiger partial charge < -0.3 is 5.32 Å². The van der Waals surface area contributed by atoms with E-state index in [4.69, 9.17) is 0 Å². The second-order valence-electron chi connectivity index (χ2n) is 5.00. The molecule has 0 aromatic heterocycles. The molecule has 1 aromatic carbocycles. The first kappa shape index (κ1) is 12.4. The van der Waals surface area contributed by atoms with E-state index < -0.39 is 0 Å². The van der Waals surface area contributed by atoms with E-state index in [9.17, 15) is 5.26 Å². The van der Waals surface area contributed by atoms with Crippen LogP contribution in [0.4, 0.5) is 5.69 Å². The summed E-state index contributed by atoms with van der Waals surface area (Å²) >= 11 is 3.52.